The Morgan fingerprint density at radius 3 is 1.87 bits per heavy atom. The summed E-state index contributed by atoms with van der Waals surface area (Å²) in [5, 5.41) is 2.08. The second-order valence-corrected chi connectivity index (χ2v) is 7.99. The lowest BCUT2D eigenvalue weighted by molar-refractivity contribution is 0.112. The van der Waals surface area contributed by atoms with Gasteiger partial charge in [0.05, 0.1) is 13.2 Å². The van der Waals surface area contributed by atoms with Crippen LogP contribution in [0.3, 0.4) is 0 Å². The first-order chi connectivity index (χ1) is 11.1. The van der Waals surface area contributed by atoms with Gasteiger partial charge in [-0.05, 0) is 63.1 Å². The van der Waals surface area contributed by atoms with E-state index >= 15 is 0 Å². The molecular formula is C19H24O3P+. The smallest absolute Gasteiger partial charge is 0.298 e. The number of aldehydes is 1. The summed E-state index contributed by atoms with van der Waals surface area (Å²) in [6, 6.07) is 14.2. The Hall–Kier alpha value is -1.54. The van der Waals surface area contributed by atoms with Gasteiger partial charge in [0.25, 0.3) is 0 Å². The summed E-state index contributed by atoms with van der Waals surface area (Å²) < 4.78 is 12.5. The Kier molecular flexibility index (Phi) is 6.06. The van der Waals surface area contributed by atoms with Crippen molar-refractivity contribution in [3.63, 3.8) is 0 Å². The maximum absolute atomic E-state index is 11.3. The molecule has 0 spiro atoms. The summed E-state index contributed by atoms with van der Waals surface area (Å²) in [7, 11) is -2.40. The van der Waals surface area contributed by atoms with Crippen LogP contribution in [0, 0.1) is 13.8 Å². The molecule has 0 fully saturated rings. The Balaban J connectivity index is 2.69. The van der Waals surface area contributed by atoms with Gasteiger partial charge in [-0.25, -0.2) is 0 Å². The van der Waals surface area contributed by atoms with Crippen LogP contribution in [0.1, 0.15) is 35.3 Å². The number of rotatable bonds is 7. The van der Waals surface area contributed by atoms with E-state index in [-0.39, 0.29) is 0 Å². The van der Waals surface area contributed by atoms with E-state index in [4.69, 9.17) is 9.05 Å². The number of benzene rings is 2. The minimum atomic E-state index is -2.40. The second-order valence-electron chi connectivity index (χ2n) is 5.33. The van der Waals surface area contributed by atoms with Crippen LogP contribution in [0.15, 0.2) is 42.5 Å². The second kappa shape index (κ2) is 7.83. The van der Waals surface area contributed by atoms with E-state index in [1.54, 1.807) is 0 Å². The topological polar surface area (TPSA) is 35.5 Å². The molecule has 0 unspecified atom stereocenters. The highest BCUT2D eigenvalue weighted by molar-refractivity contribution is 7.81. The van der Waals surface area contributed by atoms with Gasteiger partial charge in [0.15, 0.2) is 16.9 Å². The lowest BCUT2D eigenvalue weighted by Gasteiger charge is -2.24. The summed E-state index contributed by atoms with van der Waals surface area (Å²) in [4.78, 5) is 11.3. The molecule has 0 N–H and O–H groups in total. The van der Waals surface area contributed by atoms with Crippen molar-refractivity contribution in [3.8, 4) is 0 Å². The van der Waals surface area contributed by atoms with Gasteiger partial charge in [0, 0.05) is 5.56 Å². The standard InChI is InChI=1S/C19H24O3P/c1-5-21-23(22-6-2,17-10-8-7-9-11-17)18-12-15(3)19(14-20)16(4)13-18/h7-14H,5-6H2,1-4H3/q+1. The summed E-state index contributed by atoms with van der Waals surface area (Å²) in [6.07, 6.45) is 0.915. The number of carbonyl (C=O) groups excluding carboxylic acids is 1. The molecule has 2 rings (SSSR count). The van der Waals surface area contributed by atoms with Gasteiger partial charge in [-0.3, -0.25) is 4.79 Å². The molecule has 0 atom stereocenters. The van der Waals surface area contributed by atoms with Crippen molar-refractivity contribution < 1.29 is 13.8 Å². The van der Waals surface area contributed by atoms with E-state index in [0.29, 0.717) is 13.2 Å². The average molecular weight is 331 g/mol. The van der Waals surface area contributed by atoms with Crippen LogP contribution in [0.4, 0.5) is 0 Å². The molecule has 0 saturated heterocycles. The zero-order valence-electron chi connectivity index (χ0n) is 14.2. The molecule has 0 aliphatic rings. The van der Waals surface area contributed by atoms with Crippen molar-refractivity contribution in [2.24, 2.45) is 0 Å². The van der Waals surface area contributed by atoms with Crippen molar-refractivity contribution in [1.29, 1.82) is 0 Å². The van der Waals surface area contributed by atoms with Crippen LogP contribution < -0.4 is 10.6 Å². The number of aryl methyl sites for hydroxylation is 2. The van der Waals surface area contributed by atoms with Gasteiger partial charge in [0.1, 0.15) is 0 Å². The van der Waals surface area contributed by atoms with Gasteiger partial charge in [0.2, 0.25) is 0 Å². The van der Waals surface area contributed by atoms with Crippen LogP contribution in [0.5, 0.6) is 0 Å². The fourth-order valence-electron chi connectivity index (χ4n) is 2.78. The Morgan fingerprint density at radius 1 is 0.913 bits per heavy atom. The number of carbonyl (C=O) groups is 1. The monoisotopic (exact) mass is 331 g/mol. The lowest BCUT2D eigenvalue weighted by Crippen LogP contribution is -2.27. The van der Waals surface area contributed by atoms with Crippen molar-refractivity contribution >= 4 is 24.6 Å². The summed E-state index contributed by atoms with van der Waals surface area (Å²) in [6.45, 7) is 9.01. The van der Waals surface area contributed by atoms with Gasteiger partial charge < -0.3 is 0 Å². The highest BCUT2D eigenvalue weighted by Gasteiger charge is 2.48. The third-order valence-corrected chi connectivity index (χ3v) is 6.91. The molecule has 2 aromatic carbocycles. The molecule has 0 aromatic heterocycles. The molecule has 2 aromatic rings. The quantitative estimate of drug-likeness (QED) is 0.568. The number of hydrogen-bond donors (Lipinski definition) is 0. The first kappa shape index (κ1) is 17.8. The Bertz CT molecular complexity index is 639. The highest BCUT2D eigenvalue weighted by Crippen LogP contribution is 2.58. The van der Waals surface area contributed by atoms with Gasteiger partial charge in [-0.15, -0.1) is 0 Å². The molecule has 23 heavy (non-hydrogen) atoms. The highest BCUT2D eigenvalue weighted by atomic mass is 31.2. The van der Waals surface area contributed by atoms with Crippen LogP contribution in [-0.4, -0.2) is 19.5 Å². The zero-order chi connectivity index (χ0) is 16.9. The van der Waals surface area contributed by atoms with E-state index in [1.165, 1.54) is 0 Å². The van der Waals surface area contributed by atoms with Crippen molar-refractivity contribution in [2.45, 2.75) is 27.7 Å². The molecule has 122 valence electrons. The molecule has 0 aliphatic heterocycles. The molecule has 4 heteroatoms. The Labute approximate surface area is 139 Å². The van der Waals surface area contributed by atoms with E-state index in [0.717, 1.165) is 33.6 Å². The van der Waals surface area contributed by atoms with Gasteiger partial charge in [-0.1, -0.05) is 18.2 Å². The SMILES string of the molecule is CCO[P+](OCC)(c1ccccc1)c1cc(C)c(C=O)c(C)c1. The van der Waals surface area contributed by atoms with Gasteiger partial charge in [-0.2, -0.15) is 9.05 Å². The first-order valence-electron chi connectivity index (χ1n) is 7.89. The molecule has 0 bridgehead atoms. The summed E-state index contributed by atoms with van der Waals surface area (Å²) >= 11 is 0. The molecule has 3 nitrogen and oxygen atoms in total. The predicted molar refractivity (Wildman–Crippen MR) is 97.2 cm³/mol. The third-order valence-electron chi connectivity index (χ3n) is 3.75. The van der Waals surface area contributed by atoms with Crippen LogP contribution in [0.2, 0.25) is 0 Å². The average Bonchev–Trinajstić information content (AvgIpc) is 2.55. The van der Waals surface area contributed by atoms with E-state index in [2.05, 4.69) is 12.1 Å². The maximum atomic E-state index is 11.3. The van der Waals surface area contributed by atoms with Crippen molar-refractivity contribution in [1.82, 2.24) is 0 Å². The van der Waals surface area contributed by atoms with E-state index in [9.17, 15) is 4.79 Å². The minimum Gasteiger partial charge on any atom is -0.298 e. The maximum Gasteiger partial charge on any atom is 0.339 e. The fourth-order valence-corrected chi connectivity index (χ4v) is 5.77. The van der Waals surface area contributed by atoms with Crippen molar-refractivity contribution in [3.05, 3.63) is 59.2 Å². The van der Waals surface area contributed by atoms with E-state index in [1.807, 2.05) is 58.0 Å². The van der Waals surface area contributed by atoms with Crippen LogP contribution in [-0.2, 0) is 9.05 Å². The summed E-state index contributed by atoms with van der Waals surface area (Å²) in [5.41, 5.74) is 2.65. The third kappa shape index (κ3) is 3.53. The van der Waals surface area contributed by atoms with Crippen molar-refractivity contribution in [2.75, 3.05) is 13.2 Å². The van der Waals surface area contributed by atoms with Gasteiger partial charge >= 0.3 is 7.72 Å². The first-order valence-corrected chi connectivity index (χ1v) is 9.52. The van der Waals surface area contributed by atoms with Crippen LogP contribution >= 0.6 is 7.72 Å². The lowest BCUT2D eigenvalue weighted by atomic mass is 10.0. The van der Waals surface area contributed by atoms with E-state index < -0.39 is 7.72 Å². The molecule has 0 saturated carbocycles. The molecule has 0 aliphatic carbocycles. The minimum absolute atomic E-state index is 0.566. The Morgan fingerprint density at radius 2 is 1.43 bits per heavy atom. The zero-order valence-corrected chi connectivity index (χ0v) is 15.1. The molecule has 0 heterocycles. The molecule has 0 amide bonds. The normalized spacial score (nSPS) is 11.5. The number of hydrogen-bond acceptors (Lipinski definition) is 3. The molecular weight excluding hydrogens is 307 g/mol. The predicted octanol–water partition coefficient (Wildman–Crippen LogP) is 3.99. The summed E-state index contributed by atoms with van der Waals surface area (Å²) in [5.74, 6) is 0. The largest absolute Gasteiger partial charge is 0.339 e. The fraction of sp³-hybridized carbons (Fsp3) is 0.316. The van der Waals surface area contributed by atoms with Crippen LogP contribution in [0.25, 0.3) is 0 Å². The molecule has 0 radical (unpaired) electrons.